The van der Waals surface area contributed by atoms with E-state index in [1.54, 1.807) is 19.1 Å². The zero-order valence-electron chi connectivity index (χ0n) is 10.3. The first-order valence-corrected chi connectivity index (χ1v) is 6.10. The standard InChI is InChI=1S/C12H13FN4OS/c1-7-16-10(18-17-7)5-6-15-9-4-2-3-8(13)11(9)12(14)19/h2-4,15H,5-6H2,1H3,(H2,14,19). The average Bonchev–Trinajstić information content (AvgIpc) is 2.74. The van der Waals surface area contributed by atoms with Crippen LogP contribution in [0.3, 0.4) is 0 Å². The van der Waals surface area contributed by atoms with Gasteiger partial charge in [0.05, 0.1) is 5.56 Å². The van der Waals surface area contributed by atoms with E-state index in [0.717, 1.165) is 0 Å². The van der Waals surface area contributed by atoms with E-state index >= 15 is 0 Å². The number of nitrogens with one attached hydrogen (secondary N) is 1. The molecule has 0 bridgehead atoms. The molecule has 5 nitrogen and oxygen atoms in total. The maximum Gasteiger partial charge on any atom is 0.228 e. The van der Waals surface area contributed by atoms with Crippen molar-refractivity contribution in [3.8, 4) is 0 Å². The number of benzene rings is 1. The number of hydrogen-bond donors (Lipinski definition) is 2. The number of anilines is 1. The number of thiocarbonyl (C=S) groups is 1. The van der Waals surface area contributed by atoms with E-state index < -0.39 is 5.82 Å². The van der Waals surface area contributed by atoms with Crippen LogP contribution in [0.2, 0.25) is 0 Å². The Bertz CT molecular complexity index is 599. The van der Waals surface area contributed by atoms with Crippen LogP contribution < -0.4 is 11.1 Å². The van der Waals surface area contributed by atoms with Gasteiger partial charge < -0.3 is 15.6 Å². The number of aryl methyl sites for hydroxylation is 1. The van der Waals surface area contributed by atoms with Gasteiger partial charge in [-0.1, -0.05) is 23.4 Å². The fraction of sp³-hybridized carbons (Fsp3) is 0.250. The van der Waals surface area contributed by atoms with Crippen LogP contribution in [0.15, 0.2) is 22.7 Å². The van der Waals surface area contributed by atoms with Gasteiger partial charge in [-0.3, -0.25) is 0 Å². The molecule has 0 fully saturated rings. The van der Waals surface area contributed by atoms with Crippen LogP contribution in [0.4, 0.5) is 10.1 Å². The molecule has 0 saturated heterocycles. The van der Waals surface area contributed by atoms with Gasteiger partial charge in [0.2, 0.25) is 5.89 Å². The summed E-state index contributed by atoms with van der Waals surface area (Å²) in [7, 11) is 0. The van der Waals surface area contributed by atoms with E-state index in [9.17, 15) is 4.39 Å². The van der Waals surface area contributed by atoms with Crippen LogP contribution in [0, 0.1) is 12.7 Å². The van der Waals surface area contributed by atoms with Crippen molar-refractivity contribution in [1.29, 1.82) is 0 Å². The maximum absolute atomic E-state index is 13.6. The molecule has 0 aliphatic carbocycles. The fourth-order valence-corrected chi connectivity index (χ4v) is 1.88. The van der Waals surface area contributed by atoms with Crippen molar-refractivity contribution in [2.24, 2.45) is 5.73 Å². The second-order valence-corrected chi connectivity index (χ2v) is 4.38. The Kier molecular flexibility index (Phi) is 4.06. The van der Waals surface area contributed by atoms with Gasteiger partial charge >= 0.3 is 0 Å². The van der Waals surface area contributed by atoms with E-state index in [1.165, 1.54) is 6.07 Å². The number of nitrogens with two attached hydrogens (primary N) is 1. The van der Waals surface area contributed by atoms with Crippen LogP contribution in [0.1, 0.15) is 17.3 Å². The summed E-state index contributed by atoms with van der Waals surface area (Å²) in [6.07, 6.45) is 0.536. The molecule has 0 aliphatic heterocycles. The zero-order valence-corrected chi connectivity index (χ0v) is 11.1. The highest BCUT2D eigenvalue weighted by molar-refractivity contribution is 7.80. The summed E-state index contributed by atoms with van der Waals surface area (Å²) < 4.78 is 18.6. The second kappa shape index (κ2) is 5.75. The van der Waals surface area contributed by atoms with Crippen molar-refractivity contribution in [3.63, 3.8) is 0 Å². The molecule has 1 heterocycles. The van der Waals surface area contributed by atoms with Crippen LogP contribution in [-0.4, -0.2) is 21.7 Å². The molecule has 0 radical (unpaired) electrons. The molecule has 0 aliphatic rings. The Hall–Kier alpha value is -2.02. The van der Waals surface area contributed by atoms with Gasteiger partial charge in [0.1, 0.15) is 10.8 Å². The van der Waals surface area contributed by atoms with Gasteiger partial charge in [-0.05, 0) is 19.1 Å². The highest BCUT2D eigenvalue weighted by Crippen LogP contribution is 2.18. The summed E-state index contributed by atoms with van der Waals surface area (Å²) >= 11 is 4.84. The molecule has 1 aromatic heterocycles. The molecule has 3 N–H and O–H groups in total. The molecule has 0 atom stereocenters. The number of aromatic nitrogens is 2. The van der Waals surface area contributed by atoms with E-state index in [2.05, 4.69) is 15.5 Å². The first kappa shape index (κ1) is 13.4. The third-order valence-electron chi connectivity index (χ3n) is 2.48. The van der Waals surface area contributed by atoms with Gasteiger partial charge in [0.15, 0.2) is 5.82 Å². The number of rotatable bonds is 5. The van der Waals surface area contributed by atoms with Gasteiger partial charge in [-0.25, -0.2) is 4.39 Å². The fourth-order valence-electron chi connectivity index (χ4n) is 1.67. The lowest BCUT2D eigenvalue weighted by Gasteiger charge is -2.10. The quantitative estimate of drug-likeness (QED) is 0.813. The highest BCUT2D eigenvalue weighted by atomic mass is 32.1. The average molecular weight is 280 g/mol. The summed E-state index contributed by atoms with van der Waals surface area (Å²) in [6.45, 7) is 2.26. The summed E-state index contributed by atoms with van der Waals surface area (Å²) in [4.78, 5) is 4.10. The Balaban J connectivity index is 2.03. The Morgan fingerprint density at radius 2 is 2.32 bits per heavy atom. The monoisotopic (exact) mass is 280 g/mol. The van der Waals surface area contributed by atoms with Crippen molar-refractivity contribution in [1.82, 2.24) is 10.1 Å². The van der Waals surface area contributed by atoms with Crippen molar-refractivity contribution >= 4 is 22.9 Å². The predicted octanol–water partition coefficient (Wildman–Crippen LogP) is 1.81. The van der Waals surface area contributed by atoms with Crippen LogP contribution in [0.5, 0.6) is 0 Å². The summed E-state index contributed by atoms with van der Waals surface area (Å²) in [5.41, 5.74) is 6.29. The van der Waals surface area contributed by atoms with E-state index in [4.69, 9.17) is 22.5 Å². The molecule has 7 heteroatoms. The first-order valence-electron chi connectivity index (χ1n) is 5.69. The molecule has 19 heavy (non-hydrogen) atoms. The van der Waals surface area contributed by atoms with Crippen molar-refractivity contribution in [2.75, 3.05) is 11.9 Å². The predicted molar refractivity (Wildman–Crippen MR) is 73.5 cm³/mol. The minimum atomic E-state index is -0.439. The number of nitrogens with zero attached hydrogens (tertiary/aromatic N) is 2. The second-order valence-electron chi connectivity index (χ2n) is 3.94. The third kappa shape index (κ3) is 3.25. The van der Waals surface area contributed by atoms with Crippen molar-refractivity contribution in [3.05, 3.63) is 41.3 Å². The Morgan fingerprint density at radius 1 is 1.53 bits per heavy atom. The highest BCUT2D eigenvalue weighted by Gasteiger charge is 2.11. The normalized spacial score (nSPS) is 10.4. The van der Waals surface area contributed by atoms with E-state index in [0.29, 0.717) is 30.4 Å². The van der Waals surface area contributed by atoms with Crippen LogP contribution in [-0.2, 0) is 6.42 Å². The molecule has 0 amide bonds. The van der Waals surface area contributed by atoms with Crippen molar-refractivity contribution in [2.45, 2.75) is 13.3 Å². The lowest BCUT2D eigenvalue weighted by Crippen LogP contribution is -2.16. The van der Waals surface area contributed by atoms with E-state index in [-0.39, 0.29) is 10.6 Å². The molecule has 0 saturated carbocycles. The molecule has 0 unspecified atom stereocenters. The zero-order chi connectivity index (χ0) is 13.8. The molecular weight excluding hydrogens is 267 g/mol. The minimum absolute atomic E-state index is 0.0224. The smallest absolute Gasteiger partial charge is 0.228 e. The number of hydrogen-bond acceptors (Lipinski definition) is 5. The van der Waals surface area contributed by atoms with E-state index in [1.807, 2.05) is 0 Å². The molecule has 100 valence electrons. The summed E-state index contributed by atoms with van der Waals surface area (Å²) in [5.74, 6) is 0.675. The summed E-state index contributed by atoms with van der Waals surface area (Å²) in [6, 6.07) is 4.63. The third-order valence-corrected chi connectivity index (χ3v) is 2.69. The molecule has 0 spiro atoms. The van der Waals surface area contributed by atoms with Gasteiger partial charge in [0.25, 0.3) is 0 Å². The maximum atomic E-state index is 13.6. The van der Waals surface area contributed by atoms with Gasteiger partial charge in [-0.2, -0.15) is 4.98 Å². The van der Waals surface area contributed by atoms with Crippen molar-refractivity contribution < 1.29 is 8.91 Å². The van der Waals surface area contributed by atoms with Gasteiger partial charge in [-0.15, -0.1) is 0 Å². The molecule has 2 rings (SSSR count). The molecule has 2 aromatic rings. The molecule has 1 aromatic carbocycles. The Morgan fingerprint density at radius 3 is 2.95 bits per heavy atom. The lowest BCUT2D eigenvalue weighted by atomic mass is 10.1. The first-order chi connectivity index (χ1) is 9.08. The van der Waals surface area contributed by atoms with Crippen LogP contribution >= 0.6 is 12.2 Å². The molecular formula is C12H13FN4OS. The summed E-state index contributed by atoms with van der Waals surface area (Å²) in [5, 5.41) is 6.75. The topological polar surface area (TPSA) is 77.0 Å². The Labute approximate surface area is 115 Å². The van der Waals surface area contributed by atoms with Crippen LogP contribution in [0.25, 0.3) is 0 Å². The largest absolute Gasteiger partial charge is 0.389 e. The minimum Gasteiger partial charge on any atom is -0.389 e. The van der Waals surface area contributed by atoms with Gasteiger partial charge in [0, 0.05) is 18.7 Å². The number of halogens is 1. The lowest BCUT2D eigenvalue weighted by molar-refractivity contribution is 0.377. The SMILES string of the molecule is Cc1noc(CCNc2cccc(F)c2C(N)=S)n1.